The van der Waals surface area contributed by atoms with Crippen molar-refractivity contribution in [3.8, 4) is 6.07 Å². The minimum absolute atomic E-state index is 0.129. The van der Waals surface area contributed by atoms with E-state index >= 15 is 0 Å². The molecule has 0 radical (unpaired) electrons. The summed E-state index contributed by atoms with van der Waals surface area (Å²) < 4.78 is 13.0. The summed E-state index contributed by atoms with van der Waals surface area (Å²) in [4.78, 5) is 16.8. The van der Waals surface area contributed by atoms with Crippen LogP contribution in [0.1, 0.15) is 41.3 Å². The van der Waals surface area contributed by atoms with Gasteiger partial charge in [0.25, 0.3) is 0 Å². The normalized spacial score (nSPS) is 10.9. The summed E-state index contributed by atoms with van der Waals surface area (Å²) in [5, 5.41) is 10.9. The van der Waals surface area contributed by atoms with Gasteiger partial charge in [-0.1, -0.05) is 31.7 Å². The maximum atomic E-state index is 13.0. The summed E-state index contributed by atoms with van der Waals surface area (Å²) in [6.07, 6.45) is 0. The van der Waals surface area contributed by atoms with Gasteiger partial charge in [-0.05, 0) is 53.9 Å². The molecule has 3 aromatic rings. The molecule has 0 saturated heterocycles. The third-order valence-corrected chi connectivity index (χ3v) is 5.09. The van der Waals surface area contributed by atoms with E-state index in [9.17, 15) is 14.4 Å². The van der Waals surface area contributed by atoms with E-state index in [0.717, 1.165) is 10.9 Å². The Kier molecular flexibility index (Phi) is 5.34. The van der Waals surface area contributed by atoms with Crippen LogP contribution in [0, 0.1) is 17.1 Å². The number of nitriles is 1. The third-order valence-electron chi connectivity index (χ3n) is 4.10. The van der Waals surface area contributed by atoms with Gasteiger partial charge in [0, 0.05) is 10.9 Å². The highest BCUT2D eigenvalue weighted by Crippen LogP contribution is 2.27. The standard InChI is InChI=1S/C21H17FN2OS/c1-13(2)15-5-8-19-16(9-15)10-17(11-23)21(24-19)26-12-20(25)14-3-6-18(22)7-4-14/h3-10,13H,12H2,1-2H3. The second-order valence-corrected chi connectivity index (χ2v) is 7.24. The van der Waals surface area contributed by atoms with Gasteiger partial charge in [-0.15, -0.1) is 0 Å². The number of hydrogen-bond acceptors (Lipinski definition) is 4. The number of thioether (sulfide) groups is 1. The van der Waals surface area contributed by atoms with Crippen LogP contribution in [0.4, 0.5) is 4.39 Å². The van der Waals surface area contributed by atoms with Crippen molar-refractivity contribution in [2.75, 3.05) is 5.75 Å². The van der Waals surface area contributed by atoms with Gasteiger partial charge in [0.1, 0.15) is 16.9 Å². The largest absolute Gasteiger partial charge is 0.293 e. The average Bonchev–Trinajstić information content (AvgIpc) is 2.65. The zero-order valence-electron chi connectivity index (χ0n) is 14.5. The number of halogens is 1. The molecular formula is C21H17FN2OS. The summed E-state index contributed by atoms with van der Waals surface area (Å²) in [6, 6.07) is 15.5. The highest BCUT2D eigenvalue weighted by molar-refractivity contribution is 8.00. The number of fused-ring (bicyclic) bond motifs is 1. The smallest absolute Gasteiger partial charge is 0.173 e. The van der Waals surface area contributed by atoms with E-state index in [-0.39, 0.29) is 17.4 Å². The highest BCUT2D eigenvalue weighted by Gasteiger charge is 2.12. The van der Waals surface area contributed by atoms with Gasteiger partial charge in [-0.25, -0.2) is 9.37 Å². The zero-order chi connectivity index (χ0) is 18.7. The molecule has 0 bridgehead atoms. The molecule has 0 saturated carbocycles. The van der Waals surface area contributed by atoms with Crippen molar-refractivity contribution in [3.05, 3.63) is 71.0 Å². The number of pyridine rings is 1. The highest BCUT2D eigenvalue weighted by atomic mass is 32.2. The van der Waals surface area contributed by atoms with Crippen LogP contribution in [-0.2, 0) is 0 Å². The second-order valence-electron chi connectivity index (χ2n) is 6.28. The maximum Gasteiger partial charge on any atom is 0.173 e. The molecule has 5 heteroatoms. The molecule has 130 valence electrons. The Morgan fingerprint density at radius 1 is 1.19 bits per heavy atom. The van der Waals surface area contributed by atoms with Gasteiger partial charge in [-0.2, -0.15) is 5.26 Å². The number of Topliss-reactive ketones (excluding diaryl/α,β-unsaturated/α-hetero) is 1. The van der Waals surface area contributed by atoms with Gasteiger partial charge in [0.05, 0.1) is 16.8 Å². The first-order valence-electron chi connectivity index (χ1n) is 8.24. The van der Waals surface area contributed by atoms with Crippen molar-refractivity contribution in [2.24, 2.45) is 0 Å². The Morgan fingerprint density at radius 3 is 2.58 bits per heavy atom. The fourth-order valence-electron chi connectivity index (χ4n) is 2.58. The van der Waals surface area contributed by atoms with Gasteiger partial charge >= 0.3 is 0 Å². The molecule has 26 heavy (non-hydrogen) atoms. The summed E-state index contributed by atoms with van der Waals surface area (Å²) in [5.74, 6) is 0.0318. The minimum Gasteiger partial charge on any atom is -0.293 e. The average molecular weight is 364 g/mol. The molecule has 0 unspecified atom stereocenters. The van der Waals surface area contributed by atoms with Crippen molar-refractivity contribution >= 4 is 28.4 Å². The van der Waals surface area contributed by atoms with Crippen molar-refractivity contribution < 1.29 is 9.18 Å². The quantitative estimate of drug-likeness (QED) is 0.453. The van der Waals surface area contributed by atoms with E-state index in [1.54, 1.807) is 0 Å². The first-order chi connectivity index (χ1) is 12.5. The number of carbonyl (C=O) groups excluding carboxylic acids is 1. The van der Waals surface area contributed by atoms with Crippen LogP contribution in [0.15, 0.2) is 53.6 Å². The van der Waals surface area contributed by atoms with Crippen molar-refractivity contribution in [2.45, 2.75) is 24.8 Å². The molecule has 1 aromatic heterocycles. The Labute approximate surface area is 155 Å². The lowest BCUT2D eigenvalue weighted by Crippen LogP contribution is -2.03. The van der Waals surface area contributed by atoms with Crippen molar-refractivity contribution in [3.63, 3.8) is 0 Å². The molecule has 3 nitrogen and oxygen atoms in total. The summed E-state index contributed by atoms with van der Waals surface area (Å²) in [5.41, 5.74) is 2.88. The monoisotopic (exact) mass is 364 g/mol. The molecule has 0 aliphatic heterocycles. The van der Waals surface area contributed by atoms with Gasteiger partial charge in [-0.3, -0.25) is 4.79 Å². The van der Waals surface area contributed by atoms with E-state index in [0.29, 0.717) is 22.1 Å². The van der Waals surface area contributed by atoms with E-state index < -0.39 is 0 Å². The molecule has 0 aliphatic carbocycles. The number of ketones is 1. The number of benzene rings is 2. The van der Waals surface area contributed by atoms with Gasteiger partial charge in [0.2, 0.25) is 0 Å². The van der Waals surface area contributed by atoms with Crippen LogP contribution in [0.25, 0.3) is 10.9 Å². The minimum atomic E-state index is -0.377. The van der Waals surface area contributed by atoms with Crippen LogP contribution in [-0.4, -0.2) is 16.5 Å². The number of nitrogens with zero attached hydrogens (tertiary/aromatic N) is 2. The molecule has 0 N–H and O–H groups in total. The Hall–Kier alpha value is -2.71. The fourth-order valence-corrected chi connectivity index (χ4v) is 3.44. The van der Waals surface area contributed by atoms with Crippen molar-refractivity contribution in [1.29, 1.82) is 5.26 Å². The van der Waals surface area contributed by atoms with E-state index in [1.807, 2.05) is 24.3 Å². The molecule has 2 aromatic carbocycles. The van der Waals surface area contributed by atoms with Crippen LogP contribution >= 0.6 is 11.8 Å². The zero-order valence-corrected chi connectivity index (χ0v) is 15.3. The Bertz CT molecular complexity index is 1010. The van der Waals surface area contributed by atoms with Gasteiger partial charge < -0.3 is 0 Å². The molecule has 3 rings (SSSR count). The van der Waals surface area contributed by atoms with Crippen LogP contribution in [0.3, 0.4) is 0 Å². The molecule has 1 heterocycles. The first-order valence-corrected chi connectivity index (χ1v) is 9.23. The Morgan fingerprint density at radius 2 is 1.92 bits per heavy atom. The molecule has 0 amide bonds. The topological polar surface area (TPSA) is 53.8 Å². The van der Waals surface area contributed by atoms with Gasteiger partial charge in [0.15, 0.2) is 5.78 Å². The lowest BCUT2D eigenvalue weighted by atomic mass is 10.0. The summed E-state index contributed by atoms with van der Waals surface area (Å²) >= 11 is 1.23. The lowest BCUT2D eigenvalue weighted by Gasteiger charge is -2.09. The number of aromatic nitrogens is 1. The fraction of sp³-hybridized carbons (Fsp3) is 0.190. The van der Waals surface area contributed by atoms with Crippen LogP contribution in [0.5, 0.6) is 0 Å². The molecule has 0 atom stereocenters. The number of rotatable bonds is 5. The molecule has 0 fully saturated rings. The van der Waals surface area contributed by atoms with Crippen molar-refractivity contribution in [1.82, 2.24) is 4.98 Å². The Balaban J connectivity index is 1.85. The second kappa shape index (κ2) is 7.67. The third kappa shape index (κ3) is 3.92. The molecular weight excluding hydrogens is 347 g/mol. The number of carbonyl (C=O) groups is 1. The molecule has 0 spiro atoms. The predicted octanol–water partition coefficient (Wildman–Crippen LogP) is 5.34. The maximum absolute atomic E-state index is 13.0. The van der Waals surface area contributed by atoms with Crippen LogP contribution < -0.4 is 0 Å². The van der Waals surface area contributed by atoms with Crippen LogP contribution in [0.2, 0.25) is 0 Å². The first kappa shape index (κ1) is 18.1. The summed E-state index contributed by atoms with van der Waals surface area (Å²) in [7, 11) is 0. The summed E-state index contributed by atoms with van der Waals surface area (Å²) in [6.45, 7) is 4.23. The lowest BCUT2D eigenvalue weighted by molar-refractivity contribution is 0.102. The number of hydrogen-bond donors (Lipinski definition) is 0. The molecule has 0 aliphatic rings. The van der Waals surface area contributed by atoms with E-state index in [4.69, 9.17) is 0 Å². The predicted molar refractivity (Wildman–Crippen MR) is 102 cm³/mol. The SMILES string of the molecule is CC(C)c1ccc2nc(SCC(=O)c3ccc(F)cc3)c(C#N)cc2c1. The van der Waals surface area contributed by atoms with E-state index in [1.165, 1.54) is 41.6 Å². The van der Waals surface area contributed by atoms with E-state index in [2.05, 4.69) is 24.9 Å².